The predicted octanol–water partition coefficient (Wildman–Crippen LogP) is 0.381. The molecule has 4 N–H and O–H groups in total. The van der Waals surface area contributed by atoms with Crippen LogP contribution in [-0.4, -0.2) is 40.1 Å². The van der Waals surface area contributed by atoms with Crippen LogP contribution in [0.15, 0.2) is 30.3 Å². The molecule has 118 valence electrons. The summed E-state index contributed by atoms with van der Waals surface area (Å²) in [5, 5.41) is 23.1. The van der Waals surface area contributed by atoms with Gasteiger partial charge in [-0.3, -0.25) is 19.7 Å². The zero-order chi connectivity index (χ0) is 16.3. The number of carbonyl (C=O) groups excluding carboxylic acids is 1. The molecule has 3 unspecified atom stereocenters. The third-order valence-electron chi connectivity index (χ3n) is 3.87. The standard InChI is InChI=1S/C15H18N2O5/c1-9(10-5-3-2-4-6-10)17-13(20)11-7-15(11,14(21)22)16-8-12(18)19/h2-6,9,11,16H,7-8H2,1H3,(H,17,20)(H,18,19)(H,21,22). The van der Waals surface area contributed by atoms with Gasteiger partial charge in [0.15, 0.2) is 0 Å². The Kier molecular flexibility index (Phi) is 4.46. The fraction of sp³-hybridized carbons (Fsp3) is 0.400. The highest BCUT2D eigenvalue weighted by Crippen LogP contribution is 2.44. The average molecular weight is 306 g/mol. The number of hydrogen-bond acceptors (Lipinski definition) is 4. The van der Waals surface area contributed by atoms with Crippen LogP contribution in [0.1, 0.15) is 24.9 Å². The first-order valence-electron chi connectivity index (χ1n) is 6.92. The third kappa shape index (κ3) is 3.25. The Morgan fingerprint density at radius 3 is 2.45 bits per heavy atom. The molecule has 0 radical (unpaired) electrons. The van der Waals surface area contributed by atoms with Crippen molar-refractivity contribution in [3.8, 4) is 0 Å². The molecule has 3 atom stereocenters. The Balaban J connectivity index is 1.98. The van der Waals surface area contributed by atoms with Crippen molar-refractivity contribution in [2.45, 2.75) is 24.9 Å². The molecule has 1 aromatic carbocycles. The maximum absolute atomic E-state index is 12.2. The number of carbonyl (C=O) groups is 3. The average Bonchev–Trinajstić information content (AvgIpc) is 3.22. The number of benzene rings is 1. The number of carboxylic acids is 2. The zero-order valence-corrected chi connectivity index (χ0v) is 12.1. The van der Waals surface area contributed by atoms with Crippen molar-refractivity contribution in [2.75, 3.05) is 6.54 Å². The Bertz CT molecular complexity index is 589. The van der Waals surface area contributed by atoms with Crippen LogP contribution in [0.4, 0.5) is 0 Å². The summed E-state index contributed by atoms with van der Waals surface area (Å²) in [5.74, 6) is -3.53. The second-order valence-electron chi connectivity index (χ2n) is 5.42. The van der Waals surface area contributed by atoms with Crippen molar-refractivity contribution in [3.63, 3.8) is 0 Å². The molecule has 2 rings (SSSR count). The molecule has 0 saturated heterocycles. The molecular formula is C15H18N2O5. The highest BCUT2D eigenvalue weighted by molar-refractivity contribution is 5.96. The summed E-state index contributed by atoms with van der Waals surface area (Å²) in [6, 6.07) is 9.05. The van der Waals surface area contributed by atoms with E-state index in [0.29, 0.717) is 0 Å². The number of hydrogen-bond donors (Lipinski definition) is 4. The van der Waals surface area contributed by atoms with E-state index >= 15 is 0 Å². The van der Waals surface area contributed by atoms with Crippen LogP contribution in [-0.2, 0) is 14.4 Å². The molecule has 0 bridgehead atoms. The van der Waals surface area contributed by atoms with Gasteiger partial charge in [0.05, 0.1) is 18.5 Å². The first-order chi connectivity index (χ1) is 10.4. The van der Waals surface area contributed by atoms with E-state index in [9.17, 15) is 19.5 Å². The lowest BCUT2D eigenvalue weighted by Gasteiger charge is -2.17. The van der Waals surface area contributed by atoms with Crippen LogP contribution in [0.25, 0.3) is 0 Å². The van der Waals surface area contributed by atoms with E-state index in [0.717, 1.165) is 5.56 Å². The Hall–Kier alpha value is -2.41. The van der Waals surface area contributed by atoms with Crippen molar-refractivity contribution in [3.05, 3.63) is 35.9 Å². The lowest BCUT2D eigenvalue weighted by molar-refractivity contribution is -0.143. The van der Waals surface area contributed by atoms with Crippen LogP contribution < -0.4 is 10.6 Å². The molecule has 0 spiro atoms. The zero-order valence-electron chi connectivity index (χ0n) is 12.1. The van der Waals surface area contributed by atoms with Crippen LogP contribution in [0, 0.1) is 5.92 Å². The van der Waals surface area contributed by atoms with Gasteiger partial charge in [-0.2, -0.15) is 0 Å². The maximum atomic E-state index is 12.2. The van der Waals surface area contributed by atoms with E-state index in [4.69, 9.17) is 5.11 Å². The van der Waals surface area contributed by atoms with E-state index in [1.165, 1.54) is 0 Å². The summed E-state index contributed by atoms with van der Waals surface area (Å²) in [4.78, 5) is 34.1. The maximum Gasteiger partial charge on any atom is 0.324 e. The molecule has 1 aliphatic rings. The van der Waals surface area contributed by atoms with Crippen LogP contribution in [0.3, 0.4) is 0 Å². The predicted molar refractivity (Wildman–Crippen MR) is 77.1 cm³/mol. The summed E-state index contributed by atoms with van der Waals surface area (Å²) in [6.45, 7) is 1.31. The largest absolute Gasteiger partial charge is 0.480 e. The molecule has 22 heavy (non-hydrogen) atoms. The molecule has 1 aromatic rings. The normalized spacial score (nSPS) is 24.3. The minimum absolute atomic E-state index is 0.0863. The van der Waals surface area contributed by atoms with Gasteiger partial charge in [0.2, 0.25) is 5.91 Å². The van der Waals surface area contributed by atoms with E-state index in [1.54, 1.807) is 0 Å². The fourth-order valence-electron chi connectivity index (χ4n) is 2.46. The van der Waals surface area contributed by atoms with Crippen LogP contribution in [0.5, 0.6) is 0 Å². The van der Waals surface area contributed by atoms with Crippen LogP contribution in [0.2, 0.25) is 0 Å². The molecule has 1 aliphatic carbocycles. The first-order valence-corrected chi connectivity index (χ1v) is 6.92. The summed E-state index contributed by atoms with van der Waals surface area (Å²) < 4.78 is 0. The van der Waals surface area contributed by atoms with E-state index in [2.05, 4.69) is 10.6 Å². The molecule has 1 fully saturated rings. The molecule has 7 heteroatoms. The topological polar surface area (TPSA) is 116 Å². The second-order valence-corrected chi connectivity index (χ2v) is 5.42. The Labute approximate surface area is 127 Å². The Morgan fingerprint density at radius 1 is 1.27 bits per heavy atom. The van der Waals surface area contributed by atoms with Crippen molar-refractivity contribution in [2.24, 2.45) is 5.92 Å². The molecule has 7 nitrogen and oxygen atoms in total. The van der Waals surface area contributed by atoms with Gasteiger partial charge in [-0.1, -0.05) is 30.3 Å². The third-order valence-corrected chi connectivity index (χ3v) is 3.87. The highest BCUT2D eigenvalue weighted by Gasteiger charge is 2.64. The minimum Gasteiger partial charge on any atom is -0.480 e. The van der Waals surface area contributed by atoms with Crippen molar-refractivity contribution in [1.29, 1.82) is 0 Å². The van der Waals surface area contributed by atoms with E-state index < -0.39 is 35.8 Å². The monoisotopic (exact) mass is 306 g/mol. The molecule has 1 amide bonds. The molecule has 0 heterocycles. The SMILES string of the molecule is CC(NC(=O)C1CC1(NCC(=O)O)C(=O)O)c1ccccc1. The van der Waals surface area contributed by atoms with Crippen molar-refractivity contribution in [1.82, 2.24) is 10.6 Å². The summed E-state index contributed by atoms with van der Waals surface area (Å²) in [7, 11) is 0. The van der Waals surface area contributed by atoms with Gasteiger partial charge in [-0.15, -0.1) is 0 Å². The van der Waals surface area contributed by atoms with Gasteiger partial charge in [0, 0.05) is 0 Å². The second kappa shape index (κ2) is 6.15. The molecule has 1 saturated carbocycles. The molecular weight excluding hydrogens is 288 g/mol. The quantitative estimate of drug-likeness (QED) is 0.579. The van der Waals surface area contributed by atoms with Gasteiger partial charge < -0.3 is 15.5 Å². The minimum atomic E-state index is -1.47. The van der Waals surface area contributed by atoms with Crippen LogP contribution >= 0.6 is 0 Å². The lowest BCUT2D eigenvalue weighted by atomic mass is 10.1. The van der Waals surface area contributed by atoms with Gasteiger partial charge in [0.1, 0.15) is 5.54 Å². The smallest absolute Gasteiger partial charge is 0.324 e. The van der Waals surface area contributed by atoms with E-state index in [-0.39, 0.29) is 12.5 Å². The first kappa shape index (κ1) is 16.0. The highest BCUT2D eigenvalue weighted by atomic mass is 16.4. The Morgan fingerprint density at radius 2 is 1.91 bits per heavy atom. The van der Waals surface area contributed by atoms with E-state index in [1.807, 2.05) is 37.3 Å². The number of nitrogens with one attached hydrogen (secondary N) is 2. The summed E-state index contributed by atoms with van der Waals surface area (Å²) in [6.07, 6.45) is 0.0863. The van der Waals surface area contributed by atoms with Gasteiger partial charge in [-0.05, 0) is 18.9 Å². The number of aliphatic carboxylic acids is 2. The number of rotatable bonds is 7. The van der Waals surface area contributed by atoms with Gasteiger partial charge >= 0.3 is 11.9 Å². The summed E-state index contributed by atoms with van der Waals surface area (Å²) in [5.41, 5.74) is -0.560. The van der Waals surface area contributed by atoms with Crippen molar-refractivity contribution < 1.29 is 24.6 Å². The van der Waals surface area contributed by atoms with Gasteiger partial charge in [-0.25, -0.2) is 0 Å². The van der Waals surface area contributed by atoms with Crippen molar-refractivity contribution >= 4 is 17.8 Å². The molecule has 0 aliphatic heterocycles. The summed E-state index contributed by atoms with van der Waals surface area (Å²) >= 11 is 0. The number of amides is 1. The fourth-order valence-corrected chi connectivity index (χ4v) is 2.46. The number of carboxylic acid groups (broad SMARTS) is 2. The lowest BCUT2D eigenvalue weighted by Crippen LogP contribution is -2.46. The van der Waals surface area contributed by atoms with Gasteiger partial charge in [0.25, 0.3) is 0 Å². The molecule has 0 aromatic heterocycles.